The third-order valence-electron chi connectivity index (χ3n) is 2.56. The standard InChI is InChI=1S/C14H9BrClFO3/c15-10-3-2-9(14(18)19)6-13(10)20-7-8-1-4-11(16)12(17)5-8/h1-6H,7H2,(H,18,19). The summed E-state index contributed by atoms with van der Waals surface area (Å²) in [6.45, 7) is 0.107. The van der Waals surface area contributed by atoms with E-state index >= 15 is 0 Å². The van der Waals surface area contributed by atoms with Gasteiger partial charge in [0.25, 0.3) is 0 Å². The van der Waals surface area contributed by atoms with Gasteiger partial charge in [-0.1, -0.05) is 17.7 Å². The van der Waals surface area contributed by atoms with Crippen LogP contribution in [-0.4, -0.2) is 11.1 Å². The van der Waals surface area contributed by atoms with Gasteiger partial charge in [-0.05, 0) is 51.8 Å². The Bertz CT molecular complexity index is 661. The van der Waals surface area contributed by atoms with Gasteiger partial charge >= 0.3 is 5.97 Å². The molecule has 0 heterocycles. The minimum Gasteiger partial charge on any atom is -0.488 e. The monoisotopic (exact) mass is 358 g/mol. The molecule has 6 heteroatoms. The van der Waals surface area contributed by atoms with Gasteiger partial charge in [-0.15, -0.1) is 0 Å². The van der Waals surface area contributed by atoms with Gasteiger partial charge in [0.05, 0.1) is 15.1 Å². The minimum absolute atomic E-state index is 0.0443. The first-order chi connectivity index (χ1) is 9.47. The number of hydrogen-bond acceptors (Lipinski definition) is 2. The van der Waals surface area contributed by atoms with Gasteiger partial charge in [0, 0.05) is 0 Å². The fraction of sp³-hybridized carbons (Fsp3) is 0.0714. The maximum atomic E-state index is 13.3. The summed E-state index contributed by atoms with van der Waals surface area (Å²) in [7, 11) is 0. The zero-order valence-electron chi connectivity index (χ0n) is 10.1. The van der Waals surface area contributed by atoms with E-state index in [2.05, 4.69) is 15.9 Å². The third-order valence-corrected chi connectivity index (χ3v) is 3.52. The first-order valence-corrected chi connectivity index (χ1v) is 6.74. The van der Waals surface area contributed by atoms with E-state index in [-0.39, 0.29) is 17.2 Å². The highest BCUT2D eigenvalue weighted by Crippen LogP contribution is 2.27. The Hall–Kier alpha value is -1.59. The molecule has 0 saturated carbocycles. The van der Waals surface area contributed by atoms with Gasteiger partial charge in [0.15, 0.2) is 0 Å². The summed E-state index contributed by atoms with van der Waals surface area (Å²) < 4.78 is 19.4. The normalized spacial score (nSPS) is 10.3. The molecule has 0 amide bonds. The van der Waals surface area contributed by atoms with Crippen molar-refractivity contribution < 1.29 is 19.0 Å². The van der Waals surface area contributed by atoms with Crippen LogP contribution in [-0.2, 0) is 6.61 Å². The van der Waals surface area contributed by atoms with Gasteiger partial charge in [-0.25, -0.2) is 9.18 Å². The van der Waals surface area contributed by atoms with Crippen LogP contribution in [0.15, 0.2) is 40.9 Å². The topological polar surface area (TPSA) is 46.5 Å². The van der Waals surface area contributed by atoms with Gasteiger partial charge < -0.3 is 9.84 Å². The maximum Gasteiger partial charge on any atom is 0.335 e. The van der Waals surface area contributed by atoms with Crippen molar-refractivity contribution in [2.24, 2.45) is 0 Å². The summed E-state index contributed by atoms with van der Waals surface area (Å²) in [4.78, 5) is 10.9. The molecule has 3 nitrogen and oxygen atoms in total. The summed E-state index contributed by atoms with van der Waals surface area (Å²) in [5, 5.41) is 8.96. The lowest BCUT2D eigenvalue weighted by Crippen LogP contribution is -2.00. The van der Waals surface area contributed by atoms with Crippen LogP contribution in [0.3, 0.4) is 0 Å². The zero-order chi connectivity index (χ0) is 14.7. The lowest BCUT2D eigenvalue weighted by Gasteiger charge is -2.09. The predicted molar refractivity (Wildman–Crippen MR) is 76.8 cm³/mol. The molecule has 0 saturated heterocycles. The molecule has 20 heavy (non-hydrogen) atoms. The molecular formula is C14H9BrClFO3. The average Bonchev–Trinajstić information content (AvgIpc) is 2.41. The van der Waals surface area contributed by atoms with E-state index in [0.29, 0.717) is 15.8 Å². The second-order valence-electron chi connectivity index (χ2n) is 3.99. The van der Waals surface area contributed by atoms with E-state index in [9.17, 15) is 9.18 Å². The van der Waals surface area contributed by atoms with Gasteiger partial charge in [-0.3, -0.25) is 0 Å². The lowest BCUT2D eigenvalue weighted by molar-refractivity contribution is 0.0696. The summed E-state index contributed by atoms with van der Waals surface area (Å²) in [6.07, 6.45) is 0. The van der Waals surface area contributed by atoms with Crippen LogP contribution in [0.2, 0.25) is 5.02 Å². The van der Waals surface area contributed by atoms with E-state index in [1.54, 1.807) is 12.1 Å². The second kappa shape index (κ2) is 6.24. The molecule has 0 aliphatic carbocycles. The van der Waals surface area contributed by atoms with Crippen molar-refractivity contribution in [3.8, 4) is 5.75 Å². The third kappa shape index (κ3) is 3.49. The van der Waals surface area contributed by atoms with Crippen LogP contribution in [0.4, 0.5) is 4.39 Å². The Morgan fingerprint density at radius 1 is 1.30 bits per heavy atom. The Balaban J connectivity index is 2.15. The number of rotatable bonds is 4. The Morgan fingerprint density at radius 2 is 2.05 bits per heavy atom. The van der Waals surface area contributed by atoms with Crippen molar-refractivity contribution in [1.82, 2.24) is 0 Å². The Kier molecular flexibility index (Phi) is 4.62. The lowest BCUT2D eigenvalue weighted by atomic mass is 10.2. The first-order valence-electron chi connectivity index (χ1n) is 5.57. The molecule has 0 aliphatic rings. The fourth-order valence-corrected chi connectivity index (χ4v) is 2.02. The molecule has 1 N–H and O–H groups in total. The molecule has 0 aromatic heterocycles. The molecule has 2 rings (SSSR count). The first kappa shape index (κ1) is 14.8. The fourth-order valence-electron chi connectivity index (χ4n) is 1.54. The van der Waals surface area contributed by atoms with E-state index in [4.69, 9.17) is 21.4 Å². The molecule has 0 unspecified atom stereocenters. The predicted octanol–water partition coefficient (Wildman–Crippen LogP) is 4.52. The highest BCUT2D eigenvalue weighted by molar-refractivity contribution is 9.10. The average molecular weight is 360 g/mol. The second-order valence-corrected chi connectivity index (χ2v) is 5.25. The van der Waals surface area contributed by atoms with Crippen LogP contribution in [0.1, 0.15) is 15.9 Å². The number of halogens is 3. The summed E-state index contributed by atoms with van der Waals surface area (Å²) in [6, 6.07) is 8.80. The molecule has 0 bridgehead atoms. The van der Waals surface area contributed by atoms with E-state index in [1.165, 1.54) is 24.3 Å². The molecule has 2 aromatic rings. The molecule has 0 atom stereocenters. The van der Waals surface area contributed by atoms with Crippen molar-refractivity contribution in [2.45, 2.75) is 6.61 Å². The molecule has 0 fully saturated rings. The molecule has 0 aliphatic heterocycles. The molecule has 0 radical (unpaired) electrons. The zero-order valence-corrected chi connectivity index (χ0v) is 12.4. The summed E-state index contributed by atoms with van der Waals surface area (Å²) in [5.41, 5.74) is 0.713. The number of benzene rings is 2. The maximum absolute atomic E-state index is 13.3. The van der Waals surface area contributed by atoms with Crippen LogP contribution in [0, 0.1) is 5.82 Å². The molecule has 0 spiro atoms. The van der Waals surface area contributed by atoms with E-state index in [1.807, 2.05) is 0 Å². The van der Waals surface area contributed by atoms with Crippen molar-refractivity contribution in [3.05, 3.63) is 62.8 Å². The van der Waals surface area contributed by atoms with Gasteiger partial charge in [0.1, 0.15) is 18.2 Å². The van der Waals surface area contributed by atoms with Crippen molar-refractivity contribution in [2.75, 3.05) is 0 Å². The number of hydrogen-bond donors (Lipinski definition) is 1. The number of carboxylic acid groups (broad SMARTS) is 1. The number of carbonyl (C=O) groups is 1. The van der Waals surface area contributed by atoms with Gasteiger partial charge in [-0.2, -0.15) is 0 Å². The smallest absolute Gasteiger partial charge is 0.335 e. The number of ether oxygens (including phenoxy) is 1. The van der Waals surface area contributed by atoms with Crippen molar-refractivity contribution >= 4 is 33.5 Å². The highest BCUT2D eigenvalue weighted by atomic mass is 79.9. The van der Waals surface area contributed by atoms with Crippen LogP contribution >= 0.6 is 27.5 Å². The number of aromatic carboxylic acids is 1. The van der Waals surface area contributed by atoms with Crippen LogP contribution in [0.25, 0.3) is 0 Å². The molecular weight excluding hydrogens is 351 g/mol. The quantitative estimate of drug-likeness (QED) is 0.873. The van der Waals surface area contributed by atoms with Gasteiger partial charge in [0.2, 0.25) is 0 Å². The van der Waals surface area contributed by atoms with Crippen molar-refractivity contribution in [3.63, 3.8) is 0 Å². The van der Waals surface area contributed by atoms with Crippen LogP contribution in [0.5, 0.6) is 5.75 Å². The Morgan fingerprint density at radius 3 is 2.70 bits per heavy atom. The Labute approximate surface area is 128 Å². The summed E-state index contributed by atoms with van der Waals surface area (Å²) >= 11 is 8.86. The molecule has 2 aromatic carbocycles. The van der Waals surface area contributed by atoms with E-state index in [0.717, 1.165) is 0 Å². The van der Waals surface area contributed by atoms with Crippen LogP contribution < -0.4 is 4.74 Å². The van der Waals surface area contributed by atoms with Crippen molar-refractivity contribution in [1.29, 1.82) is 0 Å². The molecule has 104 valence electrons. The summed E-state index contributed by atoms with van der Waals surface area (Å²) in [5.74, 6) is -1.19. The SMILES string of the molecule is O=C(O)c1ccc(Br)c(OCc2ccc(Cl)c(F)c2)c1. The number of carboxylic acids is 1. The largest absolute Gasteiger partial charge is 0.488 e. The highest BCUT2D eigenvalue weighted by Gasteiger charge is 2.09. The minimum atomic E-state index is -1.04. The van der Waals surface area contributed by atoms with E-state index < -0.39 is 11.8 Å².